The SMILES string of the molecule is Cc1ccc(Br)cc1C(=O)CCC#N. The Kier molecular flexibility index (Phi) is 3.84. The van der Waals surface area contributed by atoms with E-state index in [4.69, 9.17) is 5.26 Å². The number of halogens is 1. The zero-order valence-electron chi connectivity index (χ0n) is 7.88. The predicted molar refractivity (Wildman–Crippen MR) is 58.1 cm³/mol. The number of benzene rings is 1. The van der Waals surface area contributed by atoms with Crippen molar-refractivity contribution in [1.82, 2.24) is 0 Å². The van der Waals surface area contributed by atoms with E-state index in [1.165, 1.54) is 0 Å². The number of hydrogen-bond donors (Lipinski definition) is 0. The molecule has 0 aromatic heterocycles. The molecule has 0 spiro atoms. The molecule has 0 aliphatic heterocycles. The third-order valence-electron chi connectivity index (χ3n) is 1.96. The van der Waals surface area contributed by atoms with Crippen molar-refractivity contribution in [3.63, 3.8) is 0 Å². The Balaban J connectivity index is 2.90. The number of Topliss-reactive ketones (excluding diaryl/α,β-unsaturated/α-hetero) is 1. The molecule has 0 fully saturated rings. The van der Waals surface area contributed by atoms with Crippen LogP contribution in [0.1, 0.15) is 28.8 Å². The van der Waals surface area contributed by atoms with Crippen LogP contribution in [-0.4, -0.2) is 5.78 Å². The van der Waals surface area contributed by atoms with Gasteiger partial charge in [-0.2, -0.15) is 5.26 Å². The molecule has 0 atom stereocenters. The third kappa shape index (κ3) is 2.68. The maximum absolute atomic E-state index is 11.6. The number of carbonyl (C=O) groups is 1. The van der Waals surface area contributed by atoms with Gasteiger partial charge < -0.3 is 0 Å². The van der Waals surface area contributed by atoms with Crippen LogP contribution in [0.3, 0.4) is 0 Å². The van der Waals surface area contributed by atoms with E-state index in [1.54, 1.807) is 6.07 Å². The van der Waals surface area contributed by atoms with Gasteiger partial charge in [0.2, 0.25) is 0 Å². The molecule has 2 nitrogen and oxygen atoms in total. The topological polar surface area (TPSA) is 40.9 Å². The van der Waals surface area contributed by atoms with E-state index in [-0.39, 0.29) is 12.2 Å². The molecule has 0 heterocycles. The predicted octanol–water partition coefficient (Wildman–Crippen LogP) is 3.24. The Morgan fingerprint density at radius 3 is 2.93 bits per heavy atom. The normalized spacial score (nSPS) is 9.50. The second kappa shape index (κ2) is 4.92. The first-order valence-electron chi connectivity index (χ1n) is 4.31. The average Bonchev–Trinajstić information content (AvgIpc) is 2.18. The van der Waals surface area contributed by atoms with Crippen LogP contribution in [0.5, 0.6) is 0 Å². The second-order valence-corrected chi connectivity index (χ2v) is 3.96. The highest BCUT2D eigenvalue weighted by atomic mass is 79.9. The zero-order chi connectivity index (χ0) is 10.6. The Bertz CT molecular complexity index is 393. The summed E-state index contributed by atoms with van der Waals surface area (Å²) in [6, 6.07) is 7.56. The van der Waals surface area contributed by atoms with Gasteiger partial charge in [0.05, 0.1) is 6.07 Å². The summed E-state index contributed by atoms with van der Waals surface area (Å²) in [6.45, 7) is 1.89. The highest BCUT2D eigenvalue weighted by Crippen LogP contribution is 2.17. The minimum Gasteiger partial charge on any atom is -0.294 e. The summed E-state index contributed by atoms with van der Waals surface area (Å²) in [5, 5.41) is 8.37. The Hall–Kier alpha value is -1.14. The van der Waals surface area contributed by atoms with Gasteiger partial charge in [-0.25, -0.2) is 0 Å². The van der Waals surface area contributed by atoms with E-state index in [9.17, 15) is 4.79 Å². The van der Waals surface area contributed by atoms with Crippen molar-refractivity contribution in [3.05, 3.63) is 33.8 Å². The average molecular weight is 252 g/mol. The van der Waals surface area contributed by atoms with Crippen LogP contribution < -0.4 is 0 Å². The van der Waals surface area contributed by atoms with Gasteiger partial charge in [-0.05, 0) is 24.6 Å². The van der Waals surface area contributed by atoms with Crippen molar-refractivity contribution in [3.8, 4) is 6.07 Å². The van der Waals surface area contributed by atoms with Gasteiger partial charge in [0, 0.05) is 22.9 Å². The first-order valence-corrected chi connectivity index (χ1v) is 5.10. The van der Waals surface area contributed by atoms with Crippen LogP contribution in [0.25, 0.3) is 0 Å². The Morgan fingerprint density at radius 2 is 2.29 bits per heavy atom. The third-order valence-corrected chi connectivity index (χ3v) is 2.46. The van der Waals surface area contributed by atoms with Crippen molar-refractivity contribution in [2.45, 2.75) is 19.8 Å². The van der Waals surface area contributed by atoms with Crippen molar-refractivity contribution in [2.24, 2.45) is 0 Å². The van der Waals surface area contributed by atoms with E-state index >= 15 is 0 Å². The first-order chi connectivity index (χ1) is 6.65. The van der Waals surface area contributed by atoms with Crippen LogP contribution in [0.4, 0.5) is 0 Å². The lowest BCUT2D eigenvalue weighted by Crippen LogP contribution is -2.01. The summed E-state index contributed by atoms with van der Waals surface area (Å²) >= 11 is 3.32. The number of nitriles is 1. The molecule has 0 radical (unpaired) electrons. The molecule has 0 aliphatic carbocycles. The van der Waals surface area contributed by atoms with Gasteiger partial charge in [0.1, 0.15) is 0 Å². The number of carbonyl (C=O) groups excluding carboxylic acids is 1. The highest BCUT2D eigenvalue weighted by Gasteiger charge is 2.08. The van der Waals surface area contributed by atoms with Crippen LogP contribution in [0.2, 0.25) is 0 Å². The number of hydrogen-bond acceptors (Lipinski definition) is 2. The molecular weight excluding hydrogens is 242 g/mol. The van der Waals surface area contributed by atoms with Crippen molar-refractivity contribution in [1.29, 1.82) is 5.26 Å². The van der Waals surface area contributed by atoms with Gasteiger partial charge in [-0.1, -0.05) is 22.0 Å². The quantitative estimate of drug-likeness (QED) is 0.775. The van der Waals surface area contributed by atoms with Crippen molar-refractivity contribution in [2.75, 3.05) is 0 Å². The maximum atomic E-state index is 11.6. The smallest absolute Gasteiger partial charge is 0.164 e. The Labute approximate surface area is 91.7 Å². The van der Waals surface area contributed by atoms with Crippen LogP contribution in [-0.2, 0) is 0 Å². The van der Waals surface area contributed by atoms with Gasteiger partial charge in [0.25, 0.3) is 0 Å². The van der Waals surface area contributed by atoms with Gasteiger partial charge in [-0.15, -0.1) is 0 Å². The summed E-state index contributed by atoms with van der Waals surface area (Å²) in [6.07, 6.45) is 0.582. The molecule has 0 saturated heterocycles. The van der Waals surface area contributed by atoms with E-state index in [0.717, 1.165) is 10.0 Å². The molecule has 0 N–H and O–H groups in total. The molecule has 14 heavy (non-hydrogen) atoms. The van der Waals surface area contributed by atoms with E-state index in [0.29, 0.717) is 12.0 Å². The van der Waals surface area contributed by atoms with Crippen molar-refractivity contribution < 1.29 is 4.79 Å². The van der Waals surface area contributed by atoms with Crippen molar-refractivity contribution >= 4 is 21.7 Å². The second-order valence-electron chi connectivity index (χ2n) is 3.04. The molecule has 0 amide bonds. The fourth-order valence-electron chi connectivity index (χ4n) is 1.20. The van der Waals surface area contributed by atoms with E-state index < -0.39 is 0 Å². The van der Waals surface area contributed by atoms with Crippen LogP contribution in [0, 0.1) is 18.3 Å². The maximum Gasteiger partial charge on any atom is 0.164 e. The minimum absolute atomic E-state index is 0.0327. The van der Waals surface area contributed by atoms with E-state index in [2.05, 4.69) is 15.9 Å². The summed E-state index contributed by atoms with van der Waals surface area (Å²) in [5.74, 6) is 0.0327. The molecule has 1 aromatic rings. The molecule has 1 aromatic carbocycles. The molecule has 0 saturated carbocycles. The van der Waals surface area contributed by atoms with Crippen LogP contribution in [0.15, 0.2) is 22.7 Å². The molecule has 3 heteroatoms. The van der Waals surface area contributed by atoms with Gasteiger partial charge in [-0.3, -0.25) is 4.79 Å². The number of ketones is 1. The fourth-order valence-corrected chi connectivity index (χ4v) is 1.56. The number of rotatable bonds is 3. The standard InChI is InChI=1S/C11H10BrNO/c1-8-4-5-9(12)7-10(8)11(14)3-2-6-13/h4-5,7H,2-3H2,1H3. The molecule has 0 aliphatic rings. The number of aryl methyl sites for hydroxylation is 1. The molecule has 0 unspecified atom stereocenters. The first kappa shape index (κ1) is 10.9. The molecule has 1 rings (SSSR count). The summed E-state index contributed by atoms with van der Waals surface area (Å²) in [4.78, 5) is 11.6. The summed E-state index contributed by atoms with van der Waals surface area (Å²) in [7, 11) is 0. The molecule has 0 bridgehead atoms. The van der Waals surface area contributed by atoms with Crippen LogP contribution >= 0.6 is 15.9 Å². The zero-order valence-corrected chi connectivity index (χ0v) is 9.47. The monoisotopic (exact) mass is 251 g/mol. The number of nitrogens with zero attached hydrogens (tertiary/aromatic N) is 1. The highest BCUT2D eigenvalue weighted by molar-refractivity contribution is 9.10. The lowest BCUT2D eigenvalue weighted by Gasteiger charge is -2.03. The fraction of sp³-hybridized carbons (Fsp3) is 0.273. The van der Waals surface area contributed by atoms with Gasteiger partial charge in [0.15, 0.2) is 5.78 Å². The molecular formula is C11H10BrNO. The Morgan fingerprint density at radius 1 is 1.57 bits per heavy atom. The van der Waals surface area contributed by atoms with E-state index in [1.807, 2.05) is 25.1 Å². The lowest BCUT2D eigenvalue weighted by molar-refractivity contribution is 0.0983. The summed E-state index contributed by atoms with van der Waals surface area (Å²) < 4.78 is 0.892. The largest absolute Gasteiger partial charge is 0.294 e. The molecule has 72 valence electrons. The summed E-state index contributed by atoms with van der Waals surface area (Å²) in [5.41, 5.74) is 1.66. The lowest BCUT2D eigenvalue weighted by atomic mass is 10.0. The van der Waals surface area contributed by atoms with Gasteiger partial charge >= 0.3 is 0 Å². The minimum atomic E-state index is 0.0327.